The number of hydrogen-bond acceptors (Lipinski definition) is 2. The van der Waals surface area contributed by atoms with E-state index in [1.807, 2.05) is 11.3 Å². The number of hydrogen-bond donors (Lipinski definition) is 1. The Morgan fingerprint density at radius 3 is 2.15 bits per heavy atom. The van der Waals surface area contributed by atoms with Crippen LogP contribution in [-0.4, -0.2) is 6.54 Å². The van der Waals surface area contributed by atoms with Crippen molar-refractivity contribution in [2.45, 2.75) is 84.1 Å². The van der Waals surface area contributed by atoms with Gasteiger partial charge >= 0.3 is 0 Å². The summed E-state index contributed by atoms with van der Waals surface area (Å²) in [6.07, 6.45) is 14.0. The Bertz CT molecular complexity index is 294. The third kappa shape index (κ3) is 8.06. The fraction of sp³-hybridized carbons (Fsp3) is 0.778. The van der Waals surface area contributed by atoms with Crippen molar-refractivity contribution >= 4 is 11.3 Å². The summed E-state index contributed by atoms with van der Waals surface area (Å²) >= 11 is 1.89. The second kappa shape index (κ2) is 12.4. The number of nitrogens with one attached hydrogen (secondary N) is 1. The largest absolute Gasteiger partial charge is 0.310 e. The summed E-state index contributed by atoms with van der Waals surface area (Å²) in [5.74, 6) is 0. The van der Waals surface area contributed by atoms with E-state index in [2.05, 4.69) is 36.7 Å². The Morgan fingerprint density at radius 2 is 1.60 bits per heavy atom. The van der Waals surface area contributed by atoms with Crippen LogP contribution >= 0.6 is 11.3 Å². The Labute approximate surface area is 130 Å². The predicted octanol–water partition coefficient (Wildman–Crippen LogP) is 6.32. The molecule has 1 atom stereocenters. The molecule has 1 unspecified atom stereocenters. The van der Waals surface area contributed by atoms with E-state index >= 15 is 0 Å². The van der Waals surface area contributed by atoms with E-state index in [0.29, 0.717) is 6.04 Å². The van der Waals surface area contributed by atoms with Crippen LogP contribution in [0.5, 0.6) is 0 Å². The van der Waals surface area contributed by atoms with E-state index in [1.54, 1.807) is 0 Å². The summed E-state index contributed by atoms with van der Waals surface area (Å²) in [6, 6.07) is 5.02. The van der Waals surface area contributed by atoms with Gasteiger partial charge in [0.15, 0.2) is 0 Å². The normalized spacial score (nSPS) is 12.7. The fourth-order valence-corrected chi connectivity index (χ4v) is 3.58. The molecule has 1 aromatic heterocycles. The second-order valence-electron chi connectivity index (χ2n) is 5.74. The van der Waals surface area contributed by atoms with Gasteiger partial charge < -0.3 is 5.32 Å². The first-order chi connectivity index (χ1) is 9.88. The van der Waals surface area contributed by atoms with Crippen molar-refractivity contribution in [1.29, 1.82) is 0 Å². The summed E-state index contributed by atoms with van der Waals surface area (Å²) in [7, 11) is 0. The van der Waals surface area contributed by atoms with E-state index < -0.39 is 0 Å². The maximum absolute atomic E-state index is 3.62. The third-order valence-electron chi connectivity index (χ3n) is 3.93. The molecule has 2 heteroatoms. The van der Waals surface area contributed by atoms with Crippen LogP contribution in [-0.2, 0) is 0 Å². The lowest BCUT2D eigenvalue weighted by Gasteiger charge is -2.16. The van der Waals surface area contributed by atoms with Gasteiger partial charge in [-0.3, -0.25) is 0 Å². The van der Waals surface area contributed by atoms with Crippen LogP contribution in [0.3, 0.4) is 0 Å². The molecule has 116 valence electrons. The van der Waals surface area contributed by atoms with Gasteiger partial charge in [0.05, 0.1) is 0 Å². The van der Waals surface area contributed by atoms with Gasteiger partial charge in [-0.2, -0.15) is 0 Å². The first-order valence-corrected chi connectivity index (χ1v) is 9.53. The van der Waals surface area contributed by atoms with E-state index in [0.717, 1.165) is 6.54 Å². The lowest BCUT2D eigenvalue weighted by Crippen LogP contribution is -2.19. The molecule has 0 radical (unpaired) electrons. The minimum atomic E-state index is 0.588. The average Bonchev–Trinajstić information content (AvgIpc) is 2.98. The maximum atomic E-state index is 3.62. The van der Waals surface area contributed by atoms with Crippen LogP contribution in [0, 0.1) is 0 Å². The molecule has 0 spiro atoms. The summed E-state index contributed by atoms with van der Waals surface area (Å²) in [4.78, 5) is 1.51. The lowest BCUT2D eigenvalue weighted by molar-refractivity contribution is 0.479. The van der Waals surface area contributed by atoms with Crippen LogP contribution in [0.1, 0.15) is 89.0 Å². The molecule has 0 saturated heterocycles. The van der Waals surface area contributed by atoms with Gasteiger partial charge in [-0.25, -0.2) is 0 Å². The summed E-state index contributed by atoms with van der Waals surface area (Å²) in [5.41, 5.74) is 0. The number of unbranched alkanes of at least 4 members (excludes halogenated alkanes) is 8. The minimum Gasteiger partial charge on any atom is -0.310 e. The first-order valence-electron chi connectivity index (χ1n) is 8.65. The van der Waals surface area contributed by atoms with Gasteiger partial charge in [0.2, 0.25) is 0 Å². The van der Waals surface area contributed by atoms with Crippen LogP contribution in [0.4, 0.5) is 0 Å². The molecule has 1 rings (SSSR count). The van der Waals surface area contributed by atoms with Gasteiger partial charge in [-0.05, 0) is 24.4 Å². The van der Waals surface area contributed by atoms with Gasteiger partial charge in [-0.15, -0.1) is 11.3 Å². The topological polar surface area (TPSA) is 12.0 Å². The Balaban J connectivity index is 2.01. The smallest absolute Gasteiger partial charge is 0.0414 e. The molecule has 0 aliphatic rings. The molecule has 0 amide bonds. The molecule has 1 heterocycles. The van der Waals surface area contributed by atoms with Crippen molar-refractivity contribution in [1.82, 2.24) is 5.32 Å². The lowest BCUT2D eigenvalue weighted by atomic mass is 10.0. The molecular weight excluding hydrogens is 262 g/mol. The van der Waals surface area contributed by atoms with Crippen LogP contribution < -0.4 is 5.32 Å². The molecular formula is C18H33NS. The zero-order valence-corrected chi connectivity index (χ0v) is 14.3. The summed E-state index contributed by atoms with van der Waals surface area (Å²) in [5, 5.41) is 5.81. The fourth-order valence-electron chi connectivity index (χ4n) is 2.74. The van der Waals surface area contributed by atoms with E-state index in [1.165, 1.54) is 69.1 Å². The summed E-state index contributed by atoms with van der Waals surface area (Å²) in [6.45, 7) is 5.56. The van der Waals surface area contributed by atoms with Crippen molar-refractivity contribution in [3.05, 3.63) is 22.4 Å². The zero-order valence-electron chi connectivity index (χ0n) is 13.5. The molecule has 0 aromatic carbocycles. The van der Waals surface area contributed by atoms with E-state index in [4.69, 9.17) is 0 Å². The monoisotopic (exact) mass is 295 g/mol. The first kappa shape index (κ1) is 17.7. The van der Waals surface area contributed by atoms with Gasteiger partial charge in [0.1, 0.15) is 0 Å². The highest BCUT2D eigenvalue weighted by molar-refractivity contribution is 7.10. The van der Waals surface area contributed by atoms with Gasteiger partial charge in [-0.1, -0.05) is 77.7 Å². The Morgan fingerprint density at radius 1 is 0.950 bits per heavy atom. The quantitative estimate of drug-likeness (QED) is 0.420. The number of thiophene rings is 1. The molecule has 20 heavy (non-hydrogen) atoms. The Hall–Kier alpha value is -0.340. The van der Waals surface area contributed by atoms with Crippen molar-refractivity contribution in [3.63, 3.8) is 0 Å². The third-order valence-corrected chi connectivity index (χ3v) is 4.92. The van der Waals surface area contributed by atoms with Crippen molar-refractivity contribution < 1.29 is 0 Å². The molecule has 1 nitrogen and oxygen atoms in total. The molecule has 0 aliphatic heterocycles. The highest BCUT2D eigenvalue weighted by Crippen LogP contribution is 2.24. The standard InChI is InChI=1S/C18H33NS/c1-3-5-6-7-8-9-10-11-12-14-17(19-4-2)18-15-13-16-20-18/h13,15-17,19H,3-12,14H2,1-2H3. The van der Waals surface area contributed by atoms with E-state index in [9.17, 15) is 0 Å². The molecule has 0 bridgehead atoms. The van der Waals surface area contributed by atoms with Crippen LogP contribution in [0.25, 0.3) is 0 Å². The minimum absolute atomic E-state index is 0.588. The SMILES string of the molecule is CCCCCCCCCCCC(NCC)c1cccs1. The van der Waals surface area contributed by atoms with Crippen molar-refractivity contribution in [2.75, 3.05) is 6.54 Å². The highest BCUT2D eigenvalue weighted by Gasteiger charge is 2.10. The predicted molar refractivity (Wildman–Crippen MR) is 92.6 cm³/mol. The van der Waals surface area contributed by atoms with Crippen molar-refractivity contribution in [3.8, 4) is 0 Å². The van der Waals surface area contributed by atoms with Gasteiger partial charge in [0.25, 0.3) is 0 Å². The molecule has 1 N–H and O–H groups in total. The van der Waals surface area contributed by atoms with Crippen molar-refractivity contribution in [2.24, 2.45) is 0 Å². The second-order valence-corrected chi connectivity index (χ2v) is 6.72. The average molecular weight is 296 g/mol. The van der Waals surface area contributed by atoms with Gasteiger partial charge in [0, 0.05) is 10.9 Å². The van der Waals surface area contributed by atoms with Crippen LogP contribution in [0.15, 0.2) is 17.5 Å². The molecule has 0 fully saturated rings. The molecule has 0 saturated carbocycles. The maximum Gasteiger partial charge on any atom is 0.0414 e. The zero-order chi connectivity index (χ0) is 14.5. The number of rotatable bonds is 13. The van der Waals surface area contributed by atoms with Crippen LogP contribution in [0.2, 0.25) is 0 Å². The molecule has 1 aromatic rings. The highest BCUT2D eigenvalue weighted by atomic mass is 32.1. The molecule has 0 aliphatic carbocycles. The Kier molecular flexibility index (Phi) is 11.0. The van der Waals surface area contributed by atoms with E-state index in [-0.39, 0.29) is 0 Å². The summed E-state index contributed by atoms with van der Waals surface area (Å²) < 4.78 is 0.